The summed E-state index contributed by atoms with van der Waals surface area (Å²) in [6.45, 7) is 2.80. The number of hydrogen-bond donors (Lipinski definition) is 0. The third-order valence-corrected chi connectivity index (χ3v) is 4.27. The third kappa shape index (κ3) is 3.45. The quantitative estimate of drug-likeness (QED) is 0.722. The average molecular weight is 327 g/mol. The summed E-state index contributed by atoms with van der Waals surface area (Å²) in [4.78, 5) is 18.4. The van der Waals surface area contributed by atoms with Gasteiger partial charge in [0.05, 0.1) is 12.6 Å². The highest BCUT2D eigenvalue weighted by molar-refractivity contribution is 7.10. The highest BCUT2D eigenvalue weighted by Crippen LogP contribution is 2.23. The monoisotopic (exact) mass is 327 g/mol. The first-order valence-corrected chi connectivity index (χ1v) is 8.11. The third-order valence-electron chi connectivity index (χ3n) is 3.47. The fraction of sp³-hybridized carbons (Fsp3) is 0.250. The Morgan fingerprint density at radius 1 is 1.30 bits per heavy atom. The number of hydrogen-bond acceptors (Lipinski definition) is 5. The molecule has 0 radical (unpaired) electrons. The predicted octanol–water partition coefficient (Wildman–Crippen LogP) is 2.63. The van der Waals surface area contributed by atoms with E-state index in [1.165, 1.54) is 11.5 Å². The van der Waals surface area contributed by atoms with E-state index in [1.54, 1.807) is 22.8 Å². The minimum atomic E-state index is -0.0311. The van der Waals surface area contributed by atoms with Crippen molar-refractivity contribution in [3.63, 3.8) is 0 Å². The highest BCUT2D eigenvalue weighted by Gasteiger charge is 2.17. The Balaban J connectivity index is 1.71. The highest BCUT2D eigenvalue weighted by atomic mass is 32.1. The second kappa shape index (κ2) is 6.70. The summed E-state index contributed by atoms with van der Waals surface area (Å²) in [7, 11) is 1.72. The number of rotatable bonds is 5. The van der Waals surface area contributed by atoms with E-state index in [0.717, 1.165) is 17.7 Å². The zero-order valence-corrected chi connectivity index (χ0v) is 13.8. The van der Waals surface area contributed by atoms with Crippen molar-refractivity contribution in [3.05, 3.63) is 48.3 Å². The van der Waals surface area contributed by atoms with Gasteiger partial charge >= 0.3 is 0 Å². The van der Waals surface area contributed by atoms with E-state index >= 15 is 0 Å². The molecule has 118 valence electrons. The molecule has 1 aromatic carbocycles. The van der Waals surface area contributed by atoms with Gasteiger partial charge in [-0.1, -0.05) is 30.3 Å². The number of aryl methyl sites for hydroxylation is 1. The lowest BCUT2D eigenvalue weighted by Gasteiger charge is -2.12. The molecule has 3 rings (SSSR count). The van der Waals surface area contributed by atoms with Gasteiger partial charge in [-0.25, -0.2) is 0 Å². The van der Waals surface area contributed by atoms with Gasteiger partial charge in [-0.05, 0) is 12.5 Å². The summed E-state index contributed by atoms with van der Waals surface area (Å²) in [6.07, 6.45) is 3.92. The van der Waals surface area contributed by atoms with Gasteiger partial charge in [0.15, 0.2) is 5.82 Å². The first-order chi connectivity index (χ1) is 11.2. The maximum absolute atomic E-state index is 12.4. The lowest BCUT2D eigenvalue weighted by molar-refractivity contribution is -0.117. The number of carbonyl (C=O) groups is 1. The molecular formula is C16H17N5OS. The van der Waals surface area contributed by atoms with E-state index in [9.17, 15) is 4.79 Å². The maximum atomic E-state index is 12.4. The molecule has 0 saturated heterocycles. The number of anilines is 1. The minimum absolute atomic E-state index is 0.0311. The number of benzene rings is 1. The first-order valence-electron chi connectivity index (χ1n) is 7.34. The van der Waals surface area contributed by atoms with Gasteiger partial charge in [-0.2, -0.15) is 14.5 Å². The smallest absolute Gasteiger partial charge is 0.233 e. The predicted molar refractivity (Wildman–Crippen MR) is 90.4 cm³/mol. The summed E-state index contributed by atoms with van der Waals surface area (Å²) in [5, 5.41) is 4.78. The van der Waals surface area contributed by atoms with Crippen molar-refractivity contribution >= 4 is 22.6 Å². The molecule has 7 heteroatoms. The number of carbonyl (C=O) groups excluding carboxylic acids is 1. The molecule has 0 bridgehead atoms. The van der Waals surface area contributed by atoms with Crippen molar-refractivity contribution in [2.45, 2.75) is 19.9 Å². The van der Waals surface area contributed by atoms with Crippen molar-refractivity contribution < 1.29 is 4.79 Å². The van der Waals surface area contributed by atoms with E-state index in [-0.39, 0.29) is 5.91 Å². The van der Waals surface area contributed by atoms with Crippen LogP contribution in [0.4, 0.5) is 5.13 Å². The Kier molecular flexibility index (Phi) is 4.47. The van der Waals surface area contributed by atoms with Crippen molar-refractivity contribution in [1.82, 2.24) is 19.1 Å². The van der Waals surface area contributed by atoms with Crippen LogP contribution in [-0.4, -0.2) is 32.1 Å². The van der Waals surface area contributed by atoms with Crippen LogP contribution < -0.4 is 4.90 Å². The van der Waals surface area contributed by atoms with Crippen molar-refractivity contribution in [3.8, 4) is 11.4 Å². The van der Waals surface area contributed by atoms with Crippen LogP contribution in [0.2, 0.25) is 0 Å². The molecule has 23 heavy (non-hydrogen) atoms. The second-order valence-electron chi connectivity index (χ2n) is 5.10. The van der Waals surface area contributed by atoms with E-state index in [0.29, 0.717) is 17.4 Å². The number of aromatic nitrogens is 4. The standard InChI is InChI=1S/C16H17N5OS/c1-3-21-11-12(10-17-21)9-14(22)20(2)16-18-15(19-23-16)13-7-5-4-6-8-13/h4-8,10-11H,3,9H2,1-2H3. The first kappa shape index (κ1) is 15.4. The summed E-state index contributed by atoms with van der Waals surface area (Å²) in [5.41, 5.74) is 1.84. The average Bonchev–Trinajstić information content (AvgIpc) is 3.24. The summed E-state index contributed by atoms with van der Waals surface area (Å²) < 4.78 is 6.14. The van der Waals surface area contributed by atoms with Gasteiger partial charge in [-0.15, -0.1) is 0 Å². The fourth-order valence-corrected chi connectivity index (χ4v) is 2.79. The Morgan fingerprint density at radius 3 is 2.78 bits per heavy atom. The zero-order valence-electron chi connectivity index (χ0n) is 13.0. The fourth-order valence-electron chi connectivity index (χ4n) is 2.13. The Labute approximate surface area is 138 Å². The Bertz CT molecular complexity index is 796. The molecular weight excluding hydrogens is 310 g/mol. The van der Waals surface area contributed by atoms with E-state index in [1.807, 2.05) is 43.5 Å². The number of amides is 1. The topological polar surface area (TPSA) is 63.9 Å². The van der Waals surface area contributed by atoms with Crippen LogP contribution in [0, 0.1) is 0 Å². The molecule has 2 heterocycles. The summed E-state index contributed by atoms with van der Waals surface area (Å²) in [6, 6.07) is 9.73. The number of nitrogens with zero attached hydrogens (tertiary/aromatic N) is 5. The lowest BCUT2D eigenvalue weighted by Crippen LogP contribution is -2.27. The van der Waals surface area contributed by atoms with Crippen LogP contribution in [-0.2, 0) is 17.8 Å². The van der Waals surface area contributed by atoms with Gasteiger partial charge in [0.25, 0.3) is 0 Å². The SMILES string of the molecule is CCn1cc(CC(=O)N(C)c2nc(-c3ccccc3)ns2)cn1. The molecule has 0 saturated carbocycles. The van der Waals surface area contributed by atoms with Gasteiger partial charge < -0.3 is 0 Å². The number of likely N-dealkylation sites (N-methyl/N-ethyl adjacent to an activating group) is 1. The van der Waals surface area contributed by atoms with Crippen molar-refractivity contribution in [2.75, 3.05) is 11.9 Å². The molecule has 1 amide bonds. The molecule has 0 N–H and O–H groups in total. The van der Waals surface area contributed by atoms with Crippen LogP contribution in [0.25, 0.3) is 11.4 Å². The molecule has 0 unspecified atom stereocenters. The molecule has 0 spiro atoms. The molecule has 0 fully saturated rings. The zero-order chi connectivity index (χ0) is 16.2. The summed E-state index contributed by atoms with van der Waals surface area (Å²) >= 11 is 1.22. The maximum Gasteiger partial charge on any atom is 0.233 e. The van der Waals surface area contributed by atoms with Crippen LogP contribution in [0.1, 0.15) is 12.5 Å². The van der Waals surface area contributed by atoms with Crippen LogP contribution in [0.3, 0.4) is 0 Å². The summed E-state index contributed by atoms with van der Waals surface area (Å²) in [5.74, 6) is 0.612. The molecule has 6 nitrogen and oxygen atoms in total. The molecule has 0 aliphatic rings. The second-order valence-corrected chi connectivity index (χ2v) is 5.83. The van der Waals surface area contributed by atoms with Crippen molar-refractivity contribution in [1.29, 1.82) is 0 Å². The van der Waals surface area contributed by atoms with E-state index < -0.39 is 0 Å². The molecule has 0 aliphatic carbocycles. The van der Waals surface area contributed by atoms with E-state index in [2.05, 4.69) is 14.5 Å². The van der Waals surface area contributed by atoms with Crippen LogP contribution in [0.5, 0.6) is 0 Å². The largest absolute Gasteiger partial charge is 0.290 e. The Hall–Kier alpha value is -2.54. The minimum Gasteiger partial charge on any atom is -0.290 e. The molecule has 0 atom stereocenters. The van der Waals surface area contributed by atoms with E-state index in [4.69, 9.17) is 0 Å². The van der Waals surface area contributed by atoms with Gasteiger partial charge in [0.2, 0.25) is 11.0 Å². The van der Waals surface area contributed by atoms with Crippen LogP contribution in [0.15, 0.2) is 42.7 Å². The van der Waals surface area contributed by atoms with Crippen LogP contribution >= 0.6 is 11.5 Å². The van der Waals surface area contributed by atoms with Crippen molar-refractivity contribution in [2.24, 2.45) is 0 Å². The van der Waals surface area contributed by atoms with Gasteiger partial charge in [-0.3, -0.25) is 14.4 Å². The molecule has 2 aromatic heterocycles. The normalized spacial score (nSPS) is 10.7. The Morgan fingerprint density at radius 2 is 2.09 bits per heavy atom. The van der Waals surface area contributed by atoms with Gasteiger partial charge in [0, 0.05) is 36.9 Å². The molecule has 0 aliphatic heterocycles. The lowest BCUT2D eigenvalue weighted by atomic mass is 10.2. The molecule has 3 aromatic rings. The van der Waals surface area contributed by atoms with Gasteiger partial charge in [0.1, 0.15) is 0 Å².